The molecule has 0 radical (unpaired) electrons. The van der Waals surface area contributed by atoms with E-state index in [1.165, 1.54) is 138 Å². The monoisotopic (exact) mass is 834 g/mol. The summed E-state index contributed by atoms with van der Waals surface area (Å²) in [4.78, 5) is 0. The standard InChI is InChI=1S/C65H54/c1-62(2,3)45-30-43-15-14-37-16-23-46(53-29-22-44(31-45)60(43)61(37)53)42-21-28-52-51-27-20-41(35-58(51)65(8,9)59(52)36-42)40-19-26-50-49-25-18-39(33-56(49)64(6,7)57(50)34-40)38-17-24-48-47-12-10-11-13-54(47)63(4,5)55(48)32-38/h10-36H,1-9H3. The van der Waals surface area contributed by atoms with Crippen molar-refractivity contribution in [1.82, 2.24) is 0 Å². The van der Waals surface area contributed by atoms with Crippen molar-refractivity contribution in [2.24, 2.45) is 0 Å². The fraction of sp³-hybridized carbons (Fsp3) is 0.200. The first-order valence-electron chi connectivity index (χ1n) is 23.7. The largest absolute Gasteiger partial charge is 0.0619 e. The Labute approximate surface area is 384 Å². The van der Waals surface area contributed by atoms with Crippen LogP contribution in [0.4, 0.5) is 0 Å². The second-order valence-electron chi connectivity index (χ2n) is 22.2. The third-order valence-corrected chi connectivity index (χ3v) is 16.4. The van der Waals surface area contributed by atoms with Gasteiger partial charge in [0.25, 0.3) is 0 Å². The lowest BCUT2D eigenvalue weighted by Gasteiger charge is -2.24. The van der Waals surface area contributed by atoms with Crippen molar-refractivity contribution in [1.29, 1.82) is 0 Å². The van der Waals surface area contributed by atoms with E-state index >= 15 is 0 Å². The highest BCUT2D eigenvalue weighted by molar-refractivity contribution is 6.25. The fourth-order valence-electron chi connectivity index (χ4n) is 12.6. The number of fused-ring (bicyclic) bond motifs is 9. The van der Waals surface area contributed by atoms with Crippen LogP contribution in [0.2, 0.25) is 0 Å². The lowest BCUT2D eigenvalue weighted by atomic mass is 9.79. The summed E-state index contributed by atoms with van der Waals surface area (Å²) in [5, 5.41) is 8.05. The van der Waals surface area contributed by atoms with E-state index in [9.17, 15) is 0 Å². The fourth-order valence-corrected chi connectivity index (χ4v) is 12.6. The molecule has 0 heteroatoms. The van der Waals surface area contributed by atoms with Crippen molar-refractivity contribution in [2.75, 3.05) is 0 Å². The molecule has 0 unspecified atom stereocenters. The maximum atomic E-state index is 2.49. The van der Waals surface area contributed by atoms with E-state index in [4.69, 9.17) is 0 Å². The zero-order chi connectivity index (χ0) is 44.5. The quantitative estimate of drug-likeness (QED) is 0.156. The molecule has 0 saturated carbocycles. The van der Waals surface area contributed by atoms with Gasteiger partial charge in [-0.05, 0) is 174 Å². The van der Waals surface area contributed by atoms with Crippen molar-refractivity contribution in [3.63, 3.8) is 0 Å². The van der Waals surface area contributed by atoms with Gasteiger partial charge in [-0.3, -0.25) is 0 Å². The first-order valence-corrected chi connectivity index (χ1v) is 23.7. The molecule has 3 aliphatic rings. The molecular formula is C65H54. The normalized spacial score (nSPS) is 15.8. The lowest BCUT2D eigenvalue weighted by molar-refractivity contribution is 0.591. The average Bonchev–Trinajstić information content (AvgIpc) is 3.78. The van der Waals surface area contributed by atoms with E-state index in [2.05, 4.69) is 226 Å². The zero-order valence-electron chi connectivity index (χ0n) is 39.1. The van der Waals surface area contributed by atoms with E-state index in [0.717, 1.165) is 0 Å². The van der Waals surface area contributed by atoms with Gasteiger partial charge in [0, 0.05) is 16.2 Å². The Morgan fingerprint density at radius 3 is 1.12 bits per heavy atom. The summed E-state index contributed by atoms with van der Waals surface area (Å²) >= 11 is 0. The Balaban J connectivity index is 0.835. The van der Waals surface area contributed by atoms with Crippen LogP contribution >= 0.6 is 0 Å². The van der Waals surface area contributed by atoms with Crippen LogP contribution in [0.5, 0.6) is 0 Å². The van der Waals surface area contributed by atoms with Crippen LogP contribution in [0.25, 0.3) is 99.1 Å². The van der Waals surface area contributed by atoms with E-state index in [1.54, 1.807) is 0 Å². The van der Waals surface area contributed by atoms with E-state index in [-0.39, 0.29) is 21.7 Å². The Hall–Kier alpha value is -6.76. The Morgan fingerprint density at radius 2 is 0.646 bits per heavy atom. The van der Waals surface area contributed by atoms with Crippen LogP contribution in [0.3, 0.4) is 0 Å². The molecule has 0 bridgehead atoms. The molecule has 0 saturated heterocycles. The minimum Gasteiger partial charge on any atom is -0.0619 e. The van der Waals surface area contributed by atoms with Crippen LogP contribution in [-0.4, -0.2) is 0 Å². The van der Waals surface area contributed by atoms with Gasteiger partial charge in [0.1, 0.15) is 0 Å². The Bertz CT molecular complexity index is 3690. The van der Waals surface area contributed by atoms with Gasteiger partial charge >= 0.3 is 0 Å². The maximum absolute atomic E-state index is 2.49. The third-order valence-electron chi connectivity index (χ3n) is 16.4. The summed E-state index contributed by atoms with van der Waals surface area (Å²) in [5.41, 5.74) is 25.5. The summed E-state index contributed by atoms with van der Waals surface area (Å²) in [6.07, 6.45) is 0. The van der Waals surface area contributed by atoms with Crippen LogP contribution in [0.1, 0.15) is 101 Å². The molecule has 10 aromatic carbocycles. The molecule has 0 aromatic heterocycles. The summed E-state index contributed by atoms with van der Waals surface area (Å²) < 4.78 is 0. The summed E-state index contributed by atoms with van der Waals surface area (Å²) in [6, 6.07) is 63.8. The molecule has 0 aliphatic heterocycles. The molecule has 0 fully saturated rings. The SMILES string of the molecule is CC(C)(C)c1cc2ccc3ccc(-c4ccc5c(c4)C(C)(C)c4cc(-c6ccc7c(c6)C(C)(C)c6cc(-c8ccc9c(c8)C(C)(C)c8ccccc8-9)ccc6-7)ccc4-5)c4ccc(c1)c2c34. The van der Waals surface area contributed by atoms with Crippen molar-refractivity contribution in [2.45, 2.75) is 84.0 Å². The zero-order valence-corrected chi connectivity index (χ0v) is 39.1. The number of hydrogen-bond donors (Lipinski definition) is 0. The summed E-state index contributed by atoms with van der Waals surface area (Å²) in [5.74, 6) is 0. The van der Waals surface area contributed by atoms with E-state index < -0.39 is 0 Å². The molecule has 65 heavy (non-hydrogen) atoms. The van der Waals surface area contributed by atoms with E-state index in [0.29, 0.717) is 0 Å². The molecule has 13 rings (SSSR count). The highest BCUT2D eigenvalue weighted by atomic mass is 14.4. The predicted octanol–water partition coefficient (Wildman–Crippen LogP) is 17.8. The maximum Gasteiger partial charge on any atom is 0.0159 e. The van der Waals surface area contributed by atoms with Gasteiger partial charge < -0.3 is 0 Å². The van der Waals surface area contributed by atoms with Gasteiger partial charge in [-0.25, -0.2) is 0 Å². The molecule has 10 aromatic rings. The first kappa shape index (κ1) is 38.7. The molecule has 0 atom stereocenters. The molecule has 314 valence electrons. The van der Waals surface area contributed by atoms with Crippen LogP contribution in [0.15, 0.2) is 164 Å². The minimum atomic E-state index is -0.151. The highest BCUT2D eigenvalue weighted by Gasteiger charge is 2.39. The smallest absolute Gasteiger partial charge is 0.0159 e. The van der Waals surface area contributed by atoms with Crippen LogP contribution < -0.4 is 0 Å². The Kier molecular flexibility index (Phi) is 7.58. The number of benzene rings is 10. The molecular weight excluding hydrogens is 781 g/mol. The third kappa shape index (κ3) is 5.26. The Morgan fingerprint density at radius 1 is 0.292 bits per heavy atom. The van der Waals surface area contributed by atoms with Crippen molar-refractivity contribution >= 4 is 32.3 Å². The molecule has 0 heterocycles. The molecule has 3 aliphatic carbocycles. The van der Waals surface area contributed by atoms with Crippen molar-refractivity contribution in [3.8, 4) is 66.8 Å². The highest BCUT2D eigenvalue weighted by Crippen LogP contribution is 2.55. The van der Waals surface area contributed by atoms with Gasteiger partial charge in [-0.2, -0.15) is 0 Å². The van der Waals surface area contributed by atoms with Gasteiger partial charge in [0.2, 0.25) is 0 Å². The number of rotatable bonds is 3. The molecule has 0 amide bonds. The van der Waals surface area contributed by atoms with Gasteiger partial charge in [0.15, 0.2) is 0 Å². The topological polar surface area (TPSA) is 0 Å². The number of hydrogen-bond acceptors (Lipinski definition) is 0. The van der Waals surface area contributed by atoms with Crippen LogP contribution in [-0.2, 0) is 21.7 Å². The van der Waals surface area contributed by atoms with Gasteiger partial charge in [-0.1, -0.05) is 196 Å². The lowest BCUT2D eigenvalue weighted by Crippen LogP contribution is -2.16. The average molecular weight is 835 g/mol. The van der Waals surface area contributed by atoms with Crippen LogP contribution in [0, 0.1) is 0 Å². The summed E-state index contributed by atoms with van der Waals surface area (Å²) in [6.45, 7) is 21.3. The van der Waals surface area contributed by atoms with Gasteiger partial charge in [0.05, 0.1) is 0 Å². The molecule has 0 N–H and O–H groups in total. The first-order chi connectivity index (χ1) is 31.1. The minimum absolute atomic E-state index is 0.0212. The van der Waals surface area contributed by atoms with Crippen molar-refractivity contribution < 1.29 is 0 Å². The second-order valence-corrected chi connectivity index (χ2v) is 22.2. The van der Waals surface area contributed by atoms with Gasteiger partial charge in [-0.15, -0.1) is 0 Å². The summed E-state index contributed by atoms with van der Waals surface area (Å²) in [7, 11) is 0. The molecule has 0 spiro atoms. The second kappa shape index (κ2) is 12.7. The predicted molar refractivity (Wildman–Crippen MR) is 278 cm³/mol. The molecule has 0 nitrogen and oxygen atoms in total. The van der Waals surface area contributed by atoms with E-state index in [1.807, 2.05) is 0 Å². The van der Waals surface area contributed by atoms with Crippen molar-refractivity contribution in [3.05, 3.63) is 203 Å².